The molecule has 4 nitrogen and oxygen atoms in total. The first-order valence-electron chi connectivity index (χ1n) is 4.66. The standard InChI is InChI=1S/C12H10O4/c1-16-7-2-3-8-10(6-7)9(12(14)15)4-5-11(8)13/h2-6,13H,1H3,(H,14,15). The van der Waals surface area contributed by atoms with Crippen LogP contribution in [0.4, 0.5) is 0 Å². The fourth-order valence-corrected chi connectivity index (χ4v) is 1.62. The lowest BCUT2D eigenvalue weighted by atomic mass is 10.0. The SMILES string of the molecule is COc1ccc2c(O)ccc(C(=O)O)c2c1. The van der Waals surface area contributed by atoms with Crippen LogP contribution in [0.5, 0.6) is 11.5 Å². The number of aromatic carboxylic acids is 1. The molecule has 0 fully saturated rings. The summed E-state index contributed by atoms with van der Waals surface area (Å²) in [7, 11) is 1.50. The highest BCUT2D eigenvalue weighted by Gasteiger charge is 2.11. The van der Waals surface area contributed by atoms with E-state index >= 15 is 0 Å². The molecule has 2 rings (SSSR count). The number of phenols is 1. The van der Waals surface area contributed by atoms with E-state index in [1.165, 1.54) is 19.2 Å². The first kappa shape index (κ1) is 10.3. The molecular formula is C12H10O4. The number of carboxylic acids is 1. The van der Waals surface area contributed by atoms with Crippen molar-refractivity contribution in [2.75, 3.05) is 7.11 Å². The van der Waals surface area contributed by atoms with Crippen LogP contribution in [0.15, 0.2) is 30.3 Å². The monoisotopic (exact) mass is 218 g/mol. The second-order valence-electron chi connectivity index (χ2n) is 3.35. The molecule has 0 amide bonds. The zero-order valence-electron chi connectivity index (χ0n) is 8.60. The molecule has 4 heteroatoms. The minimum Gasteiger partial charge on any atom is -0.507 e. The molecule has 0 aliphatic heterocycles. The van der Waals surface area contributed by atoms with Gasteiger partial charge in [-0.15, -0.1) is 0 Å². The first-order chi connectivity index (χ1) is 7.63. The molecule has 0 spiro atoms. The van der Waals surface area contributed by atoms with Gasteiger partial charge in [0.15, 0.2) is 0 Å². The molecule has 0 aliphatic rings. The van der Waals surface area contributed by atoms with Gasteiger partial charge in [-0.2, -0.15) is 0 Å². The molecule has 2 aromatic rings. The van der Waals surface area contributed by atoms with Crippen molar-refractivity contribution in [3.8, 4) is 11.5 Å². The van der Waals surface area contributed by atoms with E-state index in [4.69, 9.17) is 9.84 Å². The van der Waals surface area contributed by atoms with Gasteiger partial charge in [0.05, 0.1) is 12.7 Å². The van der Waals surface area contributed by atoms with Crippen LogP contribution in [0.3, 0.4) is 0 Å². The molecule has 82 valence electrons. The van der Waals surface area contributed by atoms with Gasteiger partial charge < -0.3 is 14.9 Å². The summed E-state index contributed by atoms with van der Waals surface area (Å²) in [6, 6.07) is 7.65. The number of carboxylic acid groups (broad SMARTS) is 1. The molecule has 2 N–H and O–H groups in total. The van der Waals surface area contributed by atoms with Crippen LogP contribution in [0.1, 0.15) is 10.4 Å². The highest BCUT2D eigenvalue weighted by Crippen LogP contribution is 2.30. The maximum atomic E-state index is 11.0. The topological polar surface area (TPSA) is 66.8 Å². The Kier molecular flexibility index (Phi) is 2.40. The van der Waals surface area contributed by atoms with Crippen LogP contribution in [-0.2, 0) is 0 Å². The summed E-state index contributed by atoms with van der Waals surface area (Å²) in [5, 5.41) is 19.6. The number of hydrogen-bond donors (Lipinski definition) is 2. The smallest absolute Gasteiger partial charge is 0.336 e. The second-order valence-corrected chi connectivity index (χ2v) is 3.35. The molecule has 0 atom stereocenters. The lowest BCUT2D eigenvalue weighted by molar-refractivity contribution is 0.0699. The van der Waals surface area contributed by atoms with E-state index in [1.807, 2.05) is 0 Å². The lowest BCUT2D eigenvalue weighted by Gasteiger charge is -2.06. The third kappa shape index (κ3) is 1.54. The minimum atomic E-state index is -1.03. The summed E-state index contributed by atoms with van der Waals surface area (Å²) in [4.78, 5) is 11.0. The quantitative estimate of drug-likeness (QED) is 0.811. The van der Waals surface area contributed by atoms with Gasteiger partial charge in [0.1, 0.15) is 11.5 Å². The van der Waals surface area contributed by atoms with Crippen molar-refractivity contribution in [1.82, 2.24) is 0 Å². The Labute approximate surface area is 91.7 Å². The minimum absolute atomic E-state index is 0.0580. The summed E-state index contributed by atoms with van der Waals surface area (Å²) in [6.45, 7) is 0. The molecule has 0 saturated carbocycles. The van der Waals surface area contributed by atoms with Crippen LogP contribution in [0, 0.1) is 0 Å². The summed E-state index contributed by atoms with van der Waals surface area (Å²) in [5.74, 6) is -0.415. The number of rotatable bonds is 2. The largest absolute Gasteiger partial charge is 0.507 e. The summed E-state index contributed by atoms with van der Waals surface area (Å²) < 4.78 is 5.02. The average Bonchev–Trinajstić information content (AvgIpc) is 2.28. The molecule has 0 radical (unpaired) electrons. The molecule has 2 aromatic carbocycles. The van der Waals surface area contributed by atoms with E-state index in [2.05, 4.69) is 0 Å². The normalized spacial score (nSPS) is 10.3. The predicted molar refractivity (Wildman–Crippen MR) is 59.1 cm³/mol. The highest BCUT2D eigenvalue weighted by molar-refractivity contribution is 6.05. The number of ether oxygens (including phenoxy) is 1. The van der Waals surface area contributed by atoms with Crippen molar-refractivity contribution in [3.63, 3.8) is 0 Å². The van der Waals surface area contributed by atoms with E-state index in [-0.39, 0.29) is 11.3 Å². The van der Waals surface area contributed by atoms with Crippen molar-refractivity contribution in [1.29, 1.82) is 0 Å². The summed E-state index contributed by atoms with van der Waals surface area (Å²) >= 11 is 0. The van der Waals surface area contributed by atoms with E-state index in [9.17, 15) is 9.90 Å². The maximum Gasteiger partial charge on any atom is 0.336 e. The number of benzene rings is 2. The van der Waals surface area contributed by atoms with Crippen LogP contribution in [-0.4, -0.2) is 23.3 Å². The van der Waals surface area contributed by atoms with Gasteiger partial charge in [0.25, 0.3) is 0 Å². The van der Waals surface area contributed by atoms with Crippen LogP contribution in [0.2, 0.25) is 0 Å². The lowest BCUT2D eigenvalue weighted by Crippen LogP contribution is -1.97. The van der Waals surface area contributed by atoms with Gasteiger partial charge in [-0.25, -0.2) is 4.79 Å². The fraction of sp³-hybridized carbons (Fsp3) is 0.0833. The molecule has 0 unspecified atom stereocenters. The number of carbonyl (C=O) groups is 1. The zero-order chi connectivity index (χ0) is 11.7. The van der Waals surface area contributed by atoms with Crippen LogP contribution >= 0.6 is 0 Å². The van der Waals surface area contributed by atoms with Gasteiger partial charge in [0, 0.05) is 10.8 Å². The average molecular weight is 218 g/mol. The Bertz CT molecular complexity index is 560. The Morgan fingerprint density at radius 1 is 1.19 bits per heavy atom. The number of hydrogen-bond acceptors (Lipinski definition) is 3. The number of phenolic OH excluding ortho intramolecular Hbond substituents is 1. The first-order valence-corrected chi connectivity index (χ1v) is 4.66. The molecular weight excluding hydrogens is 208 g/mol. The van der Waals surface area contributed by atoms with E-state index < -0.39 is 5.97 Å². The van der Waals surface area contributed by atoms with Crippen molar-refractivity contribution < 1.29 is 19.7 Å². The maximum absolute atomic E-state index is 11.0. The highest BCUT2D eigenvalue weighted by atomic mass is 16.5. The van der Waals surface area contributed by atoms with Crippen molar-refractivity contribution in [3.05, 3.63) is 35.9 Å². The van der Waals surface area contributed by atoms with E-state index in [1.54, 1.807) is 18.2 Å². The van der Waals surface area contributed by atoms with Crippen molar-refractivity contribution in [2.24, 2.45) is 0 Å². The molecule has 0 aromatic heterocycles. The molecule has 0 aliphatic carbocycles. The summed E-state index contributed by atoms with van der Waals surface area (Å²) in [6.07, 6.45) is 0. The van der Waals surface area contributed by atoms with Gasteiger partial charge >= 0.3 is 5.97 Å². The van der Waals surface area contributed by atoms with Gasteiger partial charge in [-0.3, -0.25) is 0 Å². The third-order valence-electron chi connectivity index (χ3n) is 2.43. The van der Waals surface area contributed by atoms with Gasteiger partial charge in [0.2, 0.25) is 0 Å². The fourth-order valence-electron chi connectivity index (χ4n) is 1.62. The Morgan fingerprint density at radius 3 is 2.56 bits per heavy atom. The predicted octanol–water partition coefficient (Wildman–Crippen LogP) is 2.25. The van der Waals surface area contributed by atoms with Crippen molar-refractivity contribution >= 4 is 16.7 Å². The second kappa shape index (κ2) is 3.73. The van der Waals surface area contributed by atoms with Gasteiger partial charge in [-0.1, -0.05) is 0 Å². The van der Waals surface area contributed by atoms with Crippen LogP contribution < -0.4 is 4.74 Å². The molecule has 0 saturated heterocycles. The van der Waals surface area contributed by atoms with Crippen molar-refractivity contribution in [2.45, 2.75) is 0 Å². The Morgan fingerprint density at radius 2 is 1.94 bits per heavy atom. The Balaban J connectivity index is 2.83. The van der Waals surface area contributed by atoms with E-state index in [0.717, 1.165) is 0 Å². The number of fused-ring (bicyclic) bond motifs is 1. The molecule has 16 heavy (non-hydrogen) atoms. The van der Waals surface area contributed by atoms with Gasteiger partial charge in [-0.05, 0) is 30.3 Å². The van der Waals surface area contributed by atoms with Crippen LogP contribution in [0.25, 0.3) is 10.8 Å². The Hall–Kier alpha value is -2.23. The third-order valence-corrected chi connectivity index (χ3v) is 2.43. The molecule has 0 heterocycles. The molecule has 0 bridgehead atoms. The zero-order valence-corrected chi connectivity index (χ0v) is 8.60. The number of aromatic hydroxyl groups is 1. The number of methoxy groups -OCH3 is 1. The van der Waals surface area contributed by atoms with E-state index in [0.29, 0.717) is 16.5 Å². The summed E-state index contributed by atoms with van der Waals surface area (Å²) in [5.41, 5.74) is 0.145.